The van der Waals surface area contributed by atoms with Gasteiger partial charge in [0.1, 0.15) is 6.61 Å². The zero-order valence-electron chi connectivity index (χ0n) is 16.5. The van der Waals surface area contributed by atoms with E-state index in [2.05, 4.69) is 0 Å². The second kappa shape index (κ2) is 7.84. The quantitative estimate of drug-likeness (QED) is 0.479. The summed E-state index contributed by atoms with van der Waals surface area (Å²) in [6.07, 6.45) is 0.0486. The lowest BCUT2D eigenvalue weighted by molar-refractivity contribution is -0.145. The third-order valence-corrected chi connectivity index (χ3v) is 4.97. The minimum Gasteiger partial charge on any atom is -0.461 e. The number of hydrogen-bond acceptors (Lipinski definition) is 5. The molecule has 0 saturated heterocycles. The second-order valence-electron chi connectivity index (χ2n) is 6.94. The zero-order valence-corrected chi connectivity index (χ0v) is 16.5. The van der Waals surface area contributed by atoms with Crippen LogP contribution in [0.15, 0.2) is 39.5 Å². The summed E-state index contributed by atoms with van der Waals surface area (Å²) in [4.78, 5) is 36.1. The number of ketones is 1. The number of ether oxygens (including phenoxy) is 1. The van der Waals surface area contributed by atoms with Gasteiger partial charge in [-0.25, -0.2) is 4.79 Å². The summed E-state index contributed by atoms with van der Waals surface area (Å²) in [5.41, 5.74) is 5.40. The van der Waals surface area contributed by atoms with Crippen LogP contribution in [0.1, 0.15) is 46.0 Å². The summed E-state index contributed by atoms with van der Waals surface area (Å²) in [7, 11) is 0. The highest BCUT2D eigenvalue weighted by Crippen LogP contribution is 2.24. The van der Waals surface area contributed by atoms with Gasteiger partial charge >= 0.3 is 11.7 Å². The molecule has 1 heterocycles. The van der Waals surface area contributed by atoms with E-state index in [4.69, 9.17) is 9.15 Å². The predicted molar refractivity (Wildman–Crippen MR) is 106 cm³/mol. The third-order valence-electron chi connectivity index (χ3n) is 4.97. The summed E-state index contributed by atoms with van der Waals surface area (Å²) < 4.78 is 12.0. The molecule has 2 aromatic carbocycles. The van der Waals surface area contributed by atoms with Gasteiger partial charge in [0.15, 0.2) is 11.4 Å². The molecule has 0 fully saturated rings. The monoisotopic (exact) mass is 381 g/mol. The van der Waals surface area contributed by atoms with Gasteiger partial charge in [0.2, 0.25) is 0 Å². The fourth-order valence-corrected chi connectivity index (χ4v) is 3.64. The number of carbonyl (C=O) groups excluding carboxylic acids is 2. The topological polar surface area (TPSA) is 78.5 Å². The van der Waals surface area contributed by atoms with Crippen molar-refractivity contribution >= 4 is 22.9 Å². The van der Waals surface area contributed by atoms with Crippen molar-refractivity contribution < 1.29 is 18.7 Å². The molecule has 6 nitrogen and oxygen atoms in total. The number of para-hydroxylation sites is 2. The van der Waals surface area contributed by atoms with Crippen LogP contribution >= 0.6 is 0 Å². The van der Waals surface area contributed by atoms with E-state index in [9.17, 15) is 14.4 Å². The molecule has 0 unspecified atom stereocenters. The highest BCUT2D eigenvalue weighted by Gasteiger charge is 2.16. The number of aryl methyl sites for hydroxylation is 3. The van der Waals surface area contributed by atoms with Crippen molar-refractivity contribution in [1.29, 1.82) is 0 Å². The Balaban J connectivity index is 1.70. The molecule has 3 rings (SSSR count). The molecule has 6 heteroatoms. The van der Waals surface area contributed by atoms with Crippen molar-refractivity contribution in [1.82, 2.24) is 4.57 Å². The van der Waals surface area contributed by atoms with Gasteiger partial charge in [-0.3, -0.25) is 14.2 Å². The molecule has 0 spiro atoms. The third kappa shape index (κ3) is 3.76. The molecular weight excluding hydrogens is 358 g/mol. The average Bonchev–Trinajstić information content (AvgIpc) is 2.94. The van der Waals surface area contributed by atoms with E-state index in [-0.39, 0.29) is 25.4 Å². The Morgan fingerprint density at radius 2 is 1.82 bits per heavy atom. The lowest BCUT2D eigenvalue weighted by Crippen LogP contribution is -2.18. The number of carbonyl (C=O) groups is 2. The normalized spacial score (nSPS) is 11.0. The first kappa shape index (κ1) is 19.6. The molecule has 0 aliphatic rings. The molecule has 0 saturated carbocycles. The van der Waals surface area contributed by atoms with Gasteiger partial charge in [-0.1, -0.05) is 18.2 Å². The molecule has 1 aromatic heterocycles. The molecule has 0 bridgehead atoms. The molecule has 0 N–H and O–H groups in total. The summed E-state index contributed by atoms with van der Waals surface area (Å²) in [6, 6.07) is 9.01. The number of oxazole rings is 1. The molecule has 146 valence electrons. The van der Waals surface area contributed by atoms with Crippen LogP contribution in [-0.2, 0) is 22.7 Å². The minimum absolute atomic E-state index is 0.00575. The molecule has 28 heavy (non-hydrogen) atoms. The van der Waals surface area contributed by atoms with Gasteiger partial charge in [-0.05, 0) is 62.1 Å². The van der Waals surface area contributed by atoms with Crippen molar-refractivity contribution in [3.05, 3.63) is 68.7 Å². The number of benzene rings is 2. The molecule has 0 amide bonds. The van der Waals surface area contributed by atoms with E-state index >= 15 is 0 Å². The van der Waals surface area contributed by atoms with Crippen molar-refractivity contribution in [3.8, 4) is 0 Å². The molecule has 0 radical (unpaired) electrons. The van der Waals surface area contributed by atoms with Crippen molar-refractivity contribution in [2.45, 2.75) is 47.3 Å². The highest BCUT2D eigenvalue weighted by molar-refractivity contribution is 5.97. The maximum absolute atomic E-state index is 12.2. The van der Waals surface area contributed by atoms with Gasteiger partial charge < -0.3 is 9.15 Å². The first-order valence-corrected chi connectivity index (χ1v) is 9.14. The summed E-state index contributed by atoms with van der Waals surface area (Å²) in [5.74, 6) is -0.917. The van der Waals surface area contributed by atoms with Crippen LogP contribution in [0.2, 0.25) is 0 Å². The van der Waals surface area contributed by atoms with Gasteiger partial charge in [0.25, 0.3) is 0 Å². The zero-order chi connectivity index (χ0) is 20.4. The Morgan fingerprint density at radius 3 is 2.54 bits per heavy atom. The van der Waals surface area contributed by atoms with Crippen LogP contribution in [-0.4, -0.2) is 16.3 Å². The van der Waals surface area contributed by atoms with Crippen molar-refractivity contribution in [2.75, 3.05) is 0 Å². The predicted octanol–water partition coefficient (Wildman–Crippen LogP) is 3.86. The van der Waals surface area contributed by atoms with Gasteiger partial charge in [0.05, 0.1) is 11.9 Å². The Morgan fingerprint density at radius 1 is 1.11 bits per heavy atom. The average molecular weight is 381 g/mol. The highest BCUT2D eigenvalue weighted by atomic mass is 16.5. The van der Waals surface area contributed by atoms with E-state index in [1.54, 1.807) is 18.2 Å². The standard InChI is InChI=1S/C22H23NO5/c1-13-11-14(2)21(16(4)24)15(3)17(13)12-27-20(25)9-10-23-18-7-5-6-8-19(18)28-22(23)26/h5-8,11H,9-10,12H2,1-4H3. The number of fused-ring (bicyclic) bond motifs is 1. The maximum atomic E-state index is 12.2. The molecular formula is C22H23NO5. The Kier molecular flexibility index (Phi) is 5.49. The van der Waals surface area contributed by atoms with Crippen LogP contribution in [0.4, 0.5) is 0 Å². The SMILES string of the molecule is CC(=O)c1c(C)cc(C)c(COC(=O)CCn2c(=O)oc3ccccc32)c1C. The lowest BCUT2D eigenvalue weighted by atomic mass is 9.92. The summed E-state index contributed by atoms with van der Waals surface area (Å²) in [6.45, 7) is 7.52. The number of aromatic nitrogens is 1. The molecule has 0 aliphatic carbocycles. The second-order valence-corrected chi connectivity index (χ2v) is 6.94. The van der Waals surface area contributed by atoms with E-state index in [1.807, 2.05) is 32.9 Å². The van der Waals surface area contributed by atoms with Crippen LogP contribution in [0, 0.1) is 20.8 Å². The van der Waals surface area contributed by atoms with Crippen molar-refractivity contribution in [3.63, 3.8) is 0 Å². The van der Waals surface area contributed by atoms with Crippen LogP contribution < -0.4 is 5.76 Å². The number of hydrogen-bond donors (Lipinski definition) is 0. The Bertz CT molecular complexity index is 1120. The molecule has 0 aliphatic heterocycles. The number of nitrogens with zero attached hydrogens (tertiary/aromatic N) is 1. The summed E-state index contributed by atoms with van der Waals surface area (Å²) in [5, 5.41) is 0. The molecule has 0 atom stereocenters. The minimum atomic E-state index is -0.495. The fourth-order valence-electron chi connectivity index (χ4n) is 3.64. The maximum Gasteiger partial charge on any atom is 0.419 e. The number of rotatable bonds is 6. The lowest BCUT2D eigenvalue weighted by Gasteiger charge is -2.16. The van der Waals surface area contributed by atoms with Gasteiger partial charge in [-0.2, -0.15) is 0 Å². The Labute approximate surface area is 162 Å². The Hall–Kier alpha value is -3.15. The van der Waals surface area contributed by atoms with E-state index in [0.717, 1.165) is 22.3 Å². The van der Waals surface area contributed by atoms with E-state index in [0.29, 0.717) is 16.7 Å². The first-order valence-electron chi connectivity index (χ1n) is 9.14. The molecule has 3 aromatic rings. The van der Waals surface area contributed by atoms with E-state index < -0.39 is 11.7 Å². The van der Waals surface area contributed by atoms with Crippen LogP contribution in [0.5, 0.6) is 0 Å². The fraction of sp³-hybridized carbons (Fsp3) is 0.318. The summed E-state index contributed by atoms with van der Waals surface area (Å²) >= 11 is 0. The first-order chi connectivity index (χ1) is 13.3. The number of Topliss-reactive ketones (excluding diaryl/α,β-unsaturated/α-hetero) is 1. The van der Waals surface area contributed by atoms with Gasteiger partial charge in [0, 0.05) is 12.1 Å². The van der Waals surface area contributed by atoms with Crippen LogP contribution in [0.3, 0.4) is 0 Å². The van der Waals surface area contributed by atoms with Gasteiger partial charge in [-0.15, -0.1) is 0 Å². The van der Waals surface area contributed by atoms with E-state index in [1.165, 1.54) is 11.5 Å². The smallest absolute Gasteiger partial charge is 0.419 e. The number of esters is 1. The largest absolute Gasteiger partial charge is 0.461 e. The van der Waals surface area contributed by atoms with Crippen molar-refractivity contribution in [2.24, 2.45) is 0 Å². The van der Waals surface area contributed by atoms with Crippen LogP contribution in [0.25, 0.3) is 11.1 Å².